The molecule has 8 nitrogen and oxygen atoms in total. The maximum Gasteiger partial charge on any atom is 0.277 e. The predicted octanol–water partition coefficient (Wildman–Crippen LogP) is 3.24. The number of ether oxygens (including phenoxy) is 2. The van der Waals surface area contributed by atoms with E-state index in [1.165, 1.54) is 6.39 Å². The van der Waals surface area contributed by atoms with Crippen molar-refractivity contribution in [3.8, 4) is 11.3 Å². The third-order valence-electron chi connectivity index (χ3n) is 5.37. The van der Waals surface area contributed by atoms with Crippen molar-refractivity contribution in [3.63, 3.8) is 0 Å². The molecule has 0 unspecified atom stereocenters. The third kappa shape index (κ3) is 3.83. The number of fused-ring (bicyclic) bond motifs is 1. The summed E-state index contributed by atoms with van der Waals surface area (Å²) < 4.78 is 18.8. The Morgan fingerprint density at radius 2 is 1.84 bits per heavy atom. The Balaban J connectivity index is 1.48. The number of carbonyl (C=O) groups excluding carboxylic acids is 1. The molecule has 5 rings (SSSR count). The minimum atomic E-state index is -0.481. The highest BCUT2D eigenvalue weighted by molar-refractivity contribution is 5.97. The number of hydrogen-bond donors (Lipinski definition) is 0. The van der Waals surface area contributed by atoms with Crippen molar-refractivity contribution in [2.75, 3.05) is 19.8 Å². The number of imidazole rings is 1. The van der Waals surface area contributed by atoms with Gasteiger partial charge in [-0.1, -0.05) is 42.5 Å². The number of aromatic nitrogens is 3. The number of amides is 1. The summed E-state index contributed by atoms with van der Waals surface area (Å²) in [6, 6.07) is 17.3. The Bertz CT molecular complexity index is 1190. The van der Waals surface area contributed by atoms with E-state index in [9.17, 15) is 4.79 Å². The van der Waals surface area contributed by atoms with Gasteiger partial charge in [-0.25, -0.2) is 9.97 Å². The first-order valence-electron chi connectivity index (χ1n) is 10.1. The van der Waals surface area contributed by atoms with Crippen LogP contribution in [0.1, 0.15) is 16.3 Å². The molecule has 0 spiro atoms. The van der Waals surface area contributed by atoms with Crippen LogP contribution in [0.4, 0.5) is 0 Å². The van der Waals surface area contributed by atoms with Gasteiger partial charge in [0, 0.05) is 12.6 Å². The maximum atomic E-state index is 13.6. The van der Waals surface area contributed by atoms with Crippen LogP contribution in [0.15, 0.2) is 65.4 Å². The monoisotopic (exact) mass is 418 g/mol. The second-order valence-electron chi connectivity index (χ2n) is 7.33. The van der Waals surface area contributed by atoms with Crippen molar-refractivity contribution < 1.29 is 18.7 Å². The third-order valence-corrected chi connectivity index (χ3v) is 5.37. The number of aryl methyl sites for hydroxylation is 1. The Hall–Kier alpha value is -3.49. The van der Waals surface area contributed by atoms with Gasteiger partial charge in [-0.15, -0.1) is 0 Å². The van der Waals surface area contributed by atoms with Gasteiger partial charge < -0.3 is 23.4 Å². The summed E-state index contributed by atoms with van der Waals surface area (Å²) in [4.78, 5) is 24.2. The fourth-order valence-electron chi connectivity index (χ4n) is 3.76. The van der Waals surface area contributed by atoms with Crippen LogP contribution in [0.2, 0.25) is 0 Å². The maximum absolute atomic E-state index is 13.6. The number of oxazole rings is 1. The lowest BCUT2D eigenvalue weighted by Gasteiger charge is -2.24. The van der Waals surface area contributed by atoms with Gasteiger partial charge in [0.1, 0.15) is 5.82 Å². The van der Waals surface area contributed by atoms with Crippen LogP contribution in [0.5, 0.6) is 0 Å². The lowest BCUT2D eigenvalue weighted by atomic mass is 10.1. The van der Waals surface area contributed by atoms with Crippen molar-refractivity contribution in [1.82, 2.24) is 19.4 Å². The average molecular weight is 418 g/mol. The first-order valence-corrected chi connectivity index (χ1v) is 10.1. The van der Waals surface area contributed by atoms with Crippen LogP contribution in [-0.4, -0.2) is 51.4 Å². The molecule has 1 amide bonds. The highest BCUT2D eigenvalue weighted by atomic mass is 16.7. The van der Waals surface area contributed by atoms with E-state index in [4.69, 9.17) is 18.9 Å². The molecule has 1 aliphatic heterocycles. The number of benzene rings is 2. The second-order valence-corrected chi connectivity index (χ2v) is 7.33. The lowest BCUT2D eigenvalue weighted by Crippen LogP contribution is -2.38. The van der Waals surface area contributed by atoms with Crippen LogP contribution >= 0.6 is 0 Å². The summed E-state index contributed by atoms with van der Waals surface area (Å²) in [5.41, 5.74) is 2.93. The Morgan fingerprint density at radius 1 is 1.10 bits per heavy atom. The molecule has 1 aliphatic rings. The Labute approximate surface area is 179 Å². The van der Waals surface area contributed by atoms with Gasteiger partial charge in [0.05, 0.1) is 37.3 Å². The summed E-state index contributed by atoms with van der Waals surface area (Å²) in [5, 5.41) is 0. The van der Waals surface area contributed by atoms with E-state index in [2.05, 4.69) is 4.98 Å². The van der Waals surface area contributed by atoms with Crippen molar-refractivity contribution in [2.24, 2.45) is 7.05 Å². The predicted molar refractivity (Wildman–Crippen MR) is 113 cm³/mol. The molecule has 0 radical (unpaired) electrons. The van der Waals surface area contributed by atoms with Crippen molar-refractivity contribution in [2.45, 2.75) is 12.8 Å². The van der Waals surface area contributed by atoms with Crippen LogP contribution in [0, 0.1) is 0 Å². The molecule has 2 aromatic heterocycles. The smallest absolute Gasteiger partial charge is 0.277 e. The molecule has 31 heavy (non-hydrogen) atoms. The minimum absolute atomic E-state index is 0.253. The summed E-state index contributed by atoms with van der Waals surface area (Å²) in [6.45, 7) is 1.58. The van der Waals surface area contributed by atoms with Gasteiger partial charge in [0.15, 0.2) is 24.1 Å². The fraction of sp³-hybridized carbons (Fsp3) is 0.261. The molecule has 8 heteroatoms. The van der Waals surface area contributed by atoms with Crippen LogP contribution < -0.4 is 0 Å². The Morgan fingerprint density at radius 3 is 2.61 bits per heavy atom. The molecular weight excluding hydrogens is 396 g/mol. The summed E-state index contributed by atoms with van der Waals surface area (Å²) in [5.74, 6) is 0.935. The first-order chi connectivity index (χ1) is 15.2. The molecule has 3 heterocycles. The zero-order valence-electron chi connectivity index (χ0n) is 17.1. The molecule has 2 aromatic carbocycles. The molecule has 1 fully saturated rings. The fourth-order valence-corrected chi connectivity index (χ4v) is 3.76. The molecule has 1 saturated heterocycles. The first kappa shape index (κ1) is 19.5. The summed E-state index contributed by atoms with van der Waals surface area (Å²) in [7, 11) is 1.95. The van der Waals surface area contributed by atoms with E-state index >= 15 is 0 Å². The van der Waals surface area contributed by atoms with Gasteiger partial charge in [0.2, 0.25) is 0 Å². The quantitative estimate of drug-likeness (QED) is 0.478. The molecular formula is C23H22N4O4. The molecule has 0 aliphatic carbocycles. The number of carbonyl (C=O) groups is 1. The number of para-hydroxylation sites is 2. The van der Waals surface area contributed by atoms with Crippen LogP contribution in [-0.2, 0) is 23.1 Å². The number of hydrogen-bond acceptors (Lipinski definition) is 6. The van der Waals surface area contributed by atoms with Crippen LogP contribution in [0.25, 0.3) is 22.4 Å². The van der Waals surface area contributed by atoms with Gasteiger partial charge in [-0.3, -0.25) is 4.79 Å². The van der Waals surface area contributed by atoms with Crippen molar-refractivity contribution in [3.05, 3.63) is 72.5 Å². The Kier molecular flexibility index (Phi) is 5.23. The van der Waals surface area contributed by atoms with Gasteiger partial charge >= 0.3 is 0 Å². The van der Waals surface area contributed by atoms with Crippen LogP contribution in [0.3, 0.4) is 0 Å². The molecule has 158 valence electrons. The lowest BCUT2D eigenvalue weighted by molar-refractivity contribution is -0.0588. The SMILES string of the molecule is Cn1c(CN(CC2OCCO2)C(=O)c2ncoc2-c2ccccc2)nc2ccccc21. The van der Waals surface area contributed by atoms with Gasteiger partial charge in [-0.05, 0) is 12.1 Å². The molecule has 0 atom stereocenters. The second kappa shape index (κ2) is 8.33. The largest absolute Gasteiger partial charge is 0.443 e. The van der Waals surface area contributed by atoms with E-state index in [1.54, 1.807) is 4.90 Å². The highest BCUT2D eigenvalue weighted by Crippen LogP contribution is 2.25. The average Bonchev–Trinajstić information content (AvgIpc) is 3.55. The van der Waals surface area contributed by atoms with Gasteiger partial charge in [-0.2, -0.15) is 0 Å². The summed E-state index contributed by atoms with van der Waals surface area (Å²) in [6.07, 6.45) is 0.816. The van der Waals surface area contributed by atoms with Crippen molar-refractivity contribution in [1.29, 1.82) is 0 Å². The standard InChI is InChI=1S/C23H22N4O4/c1-26-18-10-6-5-9-17(18)25-19(26)13-27(14-20-29-11-12-30-20)23(28)21-22(31-15-24-21)16-7-3-2-4-8-16/h2-10,15,20H,11-14H2,1H3. The van der Waals surface area contributed by atoms with Gasteiger partial charge in [0.25, 0.3) is 5.91 Å². The highest BCUT2D eigenvalue weighted by Gasteiger charge is 2.29. The van der Waals surface area contributed by atoms with E-state index in [0.29, 0.717) is 19.0 Å². The zero-order valence-corrected chi connectivity index (χ0v) is 17.1. The normalized spacial score (nSPS) is 14.4. The zero-order chi connectivity index (χ0) is 21.2. The van der Waals surface area contributed by atoms with Crippen molar-refractivity contribution >= 4 is 16.9 Å². The van der Waals surface area contributed by atoms with E-state index < -0.39 is 6.29 Å². The molecule has 0 bridgehead atoms. The number of nitrogens with zero attached hydrogens (tertiary/aromatic N) is 4. The summed E-state index contributed by atoms with van der Waals surface area (Å²) >= 11 is 0. The van der Waals surface area contributed by atoms with E-state index in [0.717, 1.165) is 22.4 Å². The minimum Gasteiger partial charge on any atom is -0.443 e. The van der Waals surface area contributed by atoms with E-state index in [1.807, 2.05) is 66.2 Å². The molecule has 0 saturated carbocycles. The molecule has 4 aromatic rings. The topological polar surface area (TPSA) is 82.6 Å². The number of rotatable bonds is 6. The molecule has 0 N–H and O–H groups in total. The van der Waals surface area contributed by atoms with E-state index in [-0.39, 0.29) is 24.7 Å².